The fraction of sp³-hybridized carbons (Fsp3) is 0.583. The normalized spacial score (nSPS) is 13.6. The van der Waals surface area contributed by atoms with Gasteiger partial charge < -0.3 is 5.32 Å². The number of hydrogen-bond acceptors (Lipinski definition) is 2. The Labute approximate surface area is 111 Å². The highest BCUT2D eigenvalue weighted by atomic mass is 79.9. The Morgan fingerprint density at radius 2 is 2.12 bits per heavy atom. The van der Waals surface area contributed by atoms with Crippen LogP contribution in [0.4, 0.5) is 5.82 Å². The Hall–Kier alpha value is -0.280. The summed E-state index contributed by atoms with van der Waals surface area (Å²) in [5, 5.41) is 3.43. The zero-order valence-corrected chi connectivity index (χ0v) is 12.3. The summed E-state index contributed by atoms with van der Waals surface area (Å²) in [6, 6.07) is 4.28. The van der Waals surface area contributed by atoms with E-state index in [9.17, 15) is 0 Å². The first kappa shape index (κ1) is 13.8. The second-order valence-corrected chi connectivity index (χ2v) is 6.20. The third-order valence-corrected chi connectivity index (χ3v) is 3.18. The van der Waals surface area contributed by atoms with Gasteiger partial charge in [0.2, 0.25) is 0 Å². The highest BCUT2D eigenvalue weighted by Crippen LogP contribution is 2.25. The molecule has 1 atom stereocenters. The van der Waals surface area contributed by atoms with Gasteiger partial charge in [-0.15, -0.1) is 11.6 Å². The zero-order chi connectivity index (χ0) is 12.2. The molecule has 1 unspecified atom stereocenters. The van der Waals surface area contributed by atoms with Crippen LogP contribution in [0.25, 0.3) is 0 Å². The van der Waals surface area contributed by atoms with Gasteiger partial charge in [0, 0.05) is 22.6 Å². The van der Waals surface area contributed by atoms with Crippen molar-refractivity contribution >= 4 is 33.3 Å². The van der Waals surface area contributed by atoms with Crippen molar-refractivity contribution in [2.75, 3.05) is 11.2 Å². The Bertz CT molecular complexity index is 319. The summed E-state index contributed by atoms with van der Waals surface area (Å²) in [5.41, 5.74) is 0.170. The average Bonchev–Trinajstić information content (AvgIpc) is 2.19. The molecule has 16 heavy (non-hydrogen) atoms. The molecule has 1 N–H and O–H groups in total. The van der Waals surface area contributed by atoms with Crippen LogP contribution in [0.5, 0.6) is 0 Å². The molecule has 0 saturated heterocycles. The van der Waals surface area contributed by atoms with Crippen LogP contribution >= 0.6 is 27.5 Å². The fourth-order valence-corrected chi connectivity index (χ4v) is 1.92. The number of aromatic nitrogens is 1. The minimum atomic E-state index is 0.170. The van der Waals surface area contributed by atoms with Crippen LogP contribution in [0.15, 0.2) is 22.8 Å². The third kappa shape index (κ3) is 4.30. The van der Waals surface area contributed by atoms with Gasteiger partial charge >= 0.3 is 0 Å². The first-order chi connectivity index (χ1) is 7.43. The summed E-state index contributed by atoms with van der Waals surface area (Å²) in [6.07, 6.45) is 2.73. The van der Waals surface area contributed by atoms with E-state index >= 15 is 0 Å². The van der Waals surface area contributed by atoms with Gasteiger partial charge in [-0.1, -0.05) is 20.8 Å². The van der Waals surface area contributed by atoms with Gasteiger partial charge in [-0.3, -0.25) is 0 Å². The van der Waals surface area contributed by atoms with E-state index in [1.165, 1.54) is 0 Å². The molecule has 0 saturated carbocycles. The monoisotopic (exact) mass is 304 g/mol. The molecular formula is C12H18BrClN2. The van der Waals surface area contributed by atoms with Crippen LogP contribution in [-0.4, -0.2) is 16.9 Å². The van der Waals surface area contributed by atoms with Gasteiger partial charge in [0.1, 0.15) is 5.82 Å². The quantitative estimate of drug-likeness (QED) is 0.839. The van der Waals surface area contributed by atoms with E-state index in [2.05, 4.69) is 47.0 Å². The van der Waals surface area contributed by atoms with Crippen molar-refractivity contribution in [2.45, 2.75) is 33.2 Å². The molecule has 0 radical (unpaired) electrons. The van der Waals surface area contributed by atoms with Crippen LogP contribution in [0.1, 0.15) is 27.2 Å². The Morgan fingerprint density at radius 1 is 1.44 bits per heavy atom. The standard InChI is InChI=1S/C12H18BrClN2/c1-12(2,3)10(6-7-14)16-11-5-4-9(13)8-15-11/h4-5,8,10H,6-7H2,1-3H3,(H,15,16). The van der Waals surface area contributed by atoms with Crippen LogP contribution in [0.2, 0.25) is 0 Å². The van der Waals surface area contributed by atoms with Gasteiger partial charge in [0.05, 0.1) is 0 Å². The Kier molecular flexibility index (Phi) is 5.06. The molecule has 0 aliphatic carbocycles. The number of rotatable bonds is 4. The van der Waals surface area contributed by atoms with E-state index in [4.69, 9.17) is 11.6 Å². The minimum absolute atomic E-state index is 0.170. The molecular weight excluding hydrogens is 288 g/mol. The Balaban J connectivity index is 2.72. The van der Waals surface area contributed by atoms with Gasteiger partial charge in [0.25, 0.3) is 0 Å². The smallest absolute Gasteiger partial charge is 0.126 e. The molecule has 1 heterocycles. The molecule has 4 heteroatoms. The molecule has 0 aliphatic heterocycles. The molecule has 0 fully saturated rings. The number of pyridine rings is 1. The van der Waals surface area contributed by atoms with E-state index in [1.807, 2.05) is 12.1 Å². The summed E-state index contributed by atoms with van der Waals surface area (Å²) in [6.45, 7) is 6.61. The second-order valence-electron chi connectivity index (χ2n) is 4.90. The average molecular weight is 306 g/mol. The summed E-state index contributed by atoms with van der Waals surface area (Å²) in [4.78, 5) is 4.31. The molecule has 90 valence electrons. The molecule has 0 aliphatic rings. The van der Waals surface area contributed by atoms with E-state index in [0.717, 1.165) is 16.7 Å². The van der Waals surface area contributed by atoms with E-state index < -0.39 is 0 Å². The number of nitrogens with zero attached hydrogens (tertiary/aromatic N) is 1. The van der Waals surface area contributed by atoms with Crippen molar-refractivity contribution in [1.29, 1.82) is 0 Å². The van der Waals surface area contributed by atoms with E-state index in [1.54, 1.807) is 6.20 Å². The Morgan fingerprint density at radius 3 is 2.56 bits per heavy atom. The van der Waals surface area contributed by atoms with Crippen molar-refractivity contribution in [3.63, 3.8) is 0 Å². The lowest BCUT2D eigenvalue weighted by molar-refractivity contribution is 0.334. The minimum Gasteiger partial charge on any atom is -0.367 e. The SMILES string of the molecule is CC(C)(C)C(CCCl)Nc1ccc(Br)cn1. The third-order valence-electron chi connectivity index (χ3n) is 2.49. The number of halogens is 2. The maximum Gasteiger partial charge on any atom is 0.126 e. The first-order valence-electron chi connectivity index (χ1n) is 5.37. The molecule has 1 rings (SSSR count). The predicted molar refractivity (Wildman–Crippen MR) is 74.1 cm³/mol. The predicted octanol–water partition coefficient (Wildman–Crippen LogP) is 4.30. The number of nitrogens with one attached hydrogen (secondary N) is 1. The molecule has 0 aromatic carbocycles. The molecule has 2 nitrogen and oxygen atoms in total. The number of anilines is 1. The fourth-order valence-electron chi connectivity index (χ4n) is 1.47. The van der Waals surface area contributed by atoms with Crippen molar-refractivity contribution in [3.05, 3.63) is 22.8 Å². The van der Waals surface area contributed by atoms with Crippen LogP contribution in [0.3, 0.4) is 0 Å². The van der Waals surface area contributed by atoms with Crippen molar-refractivity contribution in [1.82, 2.24) is 4.98 Å². The lowest BCUT2D eigenvalue weighted by atomic mass is 9.85. The van der Waals surface area contributed by atoms with Crippen LogP contribution in [-0.2, 0) is 0 Å². The largest absolute Gasteiger partial charge is 0.367 e. The van der Waals surface area contributed by atoms with Gasteiger partial charge in [0.15, 0.2) is 0 Å². The summed E-state index contributed by atoms with van der Waals surface area (Å²) < 4.78 is 0.989. The lowest BCUT2D eigenvalue weighted by Gasteiger charge is -2.31. The van der Waals surface area contributed by atoms with Crippen molar-refractivity contribution in [3.8, 4) is 0 Å². The first-order valence-corrected chi connectivity index (χ1v) is 6.70. The van der Waals surface area contributed by atoms with Gasteiger partial charge in [-0.25, -0.2) is 4.98 Å². The molecule has 0 amide bonds. The van der Waals surface area contributed by atoms with Crippen LogP contribution in [0, 0.1) is 5.41 Å². The summed E-state index contributed by atoms with van der Waals surface area (Å²) >= 11 is 9.20. The number of alkyl halides is 1. The van der Waals surface area contributed by atoms with Crippen molar-refractivity contribution < 1.29 is 0 Å². The second kappa shape index (κ2) is 5.87. The maximum atomic E-state index is 5.83. The highest BCUT2D eigenvalue weighted by molar-refractivity contribution is 9.10. The topological polar surface area (TPSA) is 24.9 Å². The molecule has 1 aromatic heterocycles. The van der Waals surface area contributed by atoms with Crippen LogP contribution < -0.4 is 5.32 Å². The zero-order valence-electron chi connectivity index (χ0n) is 9.93. The summed E-state index contributed by atoms with van der Waals surface area (Å²) in [7, 11) is 0. The molecule has 0 bridgehead atoms. The van der Waals surface area contributed by atoms with Crippen molar-refractivity contribution in [2.24, 2.45) is 5.41 Å². The lowest BCUT2D eigenvalue weighted by Crippen LogP contribution is -2.34. The maximum absolute atomic E-state index is 5.83. The van der Waals surface area contributed by atoms with E-state index in [0.29, 0.717) is 11.9 Å². The van der Waals surface area contributed by atoms with E-state index in [-0.39, 0.29) is 5.41 Å². The molecule has 0 spiro atoms. The summed E-state index contributed by atoms with van der Waals surface area (Å²) in [5.74, 6) is 1.55. The van der Waals surface area contributed by atoms with Gasteiger partial charge in [-0.2, -0.15) is 0 Å². The van der Waals surface area contributed by atoms with Gasteiger partial charge in [-0.05, 0) is 39.9 Å². The number of hydrogen-bond donors (Lipinski definition) is 1. The highest BCUT2D eigenvalue weighted by Gasteiger charge is 2.24. The molecule has 1 aromatic rings.